The van der Waals surface area contributed by atoms with E-state index in [1.165, 1.54) is 16.4 Å². The van der Waals surface area contributed by atoms with Crippen LogP contribution in [0.25, 0.3) is 0 Å². The molecular formula is C19H26ClN3O5S. The van der Waals surface area contributed by atoms with Gasteiger partial charge in [-0.3, -0.25) is 14.9 Å². The fourth-order valence-electron chi connectivity index (χ4n) is 4.35. The van der Waals surface area contributed by atoms with E-state index in [4.69, 9.17) is 11.6 Å². The molecule has 0 bridgehead atoms. The van der Waals surface area contributed by atoms with Gasteiger partial charge in [0, 0.05) is 43.2 Å². The minimum absolute atomic E-state index is 0.0511. The lowest BCUT2D eigenvalue weighted by molar-refractivity contribution is -0.385. The molecule has 3 rings (SSSR count). The van der Waals surface area contributed by atoms with Crippen molar-refractivity contribution in [1.29, 1.82) is 0 Å². The number of nitro groups is 1. The number of piperidine rings is 2. The third-order valence-corrected chi connectivity index (χ3v) is 8.37. The highest BCUT2D eigenvalue weighted by molar-refractivity contribution is 7.89. The van der Waals surface area contributed by atoms with Crippen LogP contribution in [0.4, 0.5) is 5.69 Å². The summed E-state index contributed by atoms with van der Waals surface area (Å²) in [5.74, 6) is -0.0971. The molecule has 29 heavy (non-hydrogen) atoms. The van der Waals surface area contributed by atoms with Gasteiger partial charge in [-0.25, -0.2) is 8.42 Å². The normalized spacial score (nSPS) is 24.4. The molecule has 10 heteroatoms. The number of nitro benzene ring substituents is 1. The van der Waals surface area contributed by atoms with Crippen molar-refractivity contribution in [2.45, 2.75) is 62.9 Å². The molecule has 0 radical (unpaired) electrons. The van der Waals surface area contributed by atoms with Gasteiger partial charge in [0.1, 0.15) is 4.90 Å². The van der Waals surface area contributed by atoms with Crippen LogP contribution in [0.1, 0.15) is 46.0 Å². The van der Waals surface area contributed by atoms with Crippen LogP contribution in [0.3, 0.4) is 0 Å². The van der Waals surface area contributed by atoms with Crippen molar-refractivity contribution in [2.24, 2.45) is 5.92 Å². The zero-order valence-electron chi connectivity index (χ0n) is 16.6. The Bertz CT molecular complexity index is 889. The molecule has 0 aliphatic carbocycles. The van der Waals surface area contributed by atoms with Gasteiger partial charge in [0.25, 0.3) is 5.69 Å². The first-order chi connectivity index (χ1) is 13.6. The number of carbonyl (C=O) groups is 1. The highest BCUT2D eigenvalue weighted by Gasteiger charge is 2.38. The van der Waals surface area contributed by atoms with Crippen molar-refractivity contribution in [1.82, 2.24) is 9.21 Å². The van der Waals surface area contributed by atoms with Crippen LogP contribution >= 0.6 is 11.6 Å². The van der Waals surface area contributed by atoms with Gasteiger partial charge in [-0.15, -0.1) is 0 Å². The van der Waals surface area contributed by atoms with Gasteiger partial charge in [-0.2, -0.15) is 4.31 Å². The Morgan fingerprint density at radius 3 is 2.28 bits per heavy atom. The van der Waals surface area contributed by atoms with E-state index in [0.717, 1.165) is 25.3 Å². The van der Waals surface area contributed by atoms with Gasteiger partial charge in [0.05, 0.1) is 9.95 Å². The maximum Gasteiger partial charge on any atom is 0.270 e. The second-order valence-corrected chi connectivity index (χ2v) is 10.2. The number of halogens is 1. The van der Waals surface area contributed by atoms with Crippen molar-refractivity contribution in [3.05, 3.63) is 33.3 Å². The largest absolute Gasteiger partial charge is 0.337 e. The molecule has 2 fully saturated rings. The molecule has 160 valence electrons. The molecule has 0 N–H and O–H groups in total. The Kier molecular flexibility index (Phi) is 6.50. The van der Waals surface area contributed by atoms with Crippen molar-refractivity contribution in [3.8, 4) is 0 Å². The molecule has 0 saturated carbocycles. The Hall–Kier alpha value is -1.71. The summed E-state index contributed by atoms with van der Waals surface area (Å²) in [6.45, 7) is 4.51. The highest BCUT2D eigenvalue weighted by atomic mass is 35.5. The summed E-state index contributed by atoms with van der Waals surface area (Å²) in [6.07, 6.45) is 3.97. The average molecular weight is 444 g/mol. The van der Waals surface area contributed by atoms with Crippen LogP contribution < -0.4 is 0 Å². The molecule has 2 unspecified atom stereocenters. The summed E-state index contributed by atoms with van der Waals surface area (Å²) in [5.41, 5.74) is -0.328. The molecule has 2 aliphatic rings. The van der Waals surface area contributed by atoms with E-state index >= 15 is 0 Å². The molecule has 2 heterocycles. The second-order valence-electron chi connectivity index (χ2n) is 7.92. The van der Waals surface area contributed by atoms with E-state index in [2.05, 4.69) is 13.8 Å². The number of nitrogens with zero attached hydrogens (tertiary/aromatic N) is 3. The van der Waals surface area contributed by atoms with Crippen LogP contribution in [0.15, 0.2) is 23.1 Å². The number of carbonyl (C=O) groups excluding carboxylic acids is 1. The highest BCUT2D eigenvalue weighted by Crippen LogP contribution is 2.33. The second kappa shape index (κ2) is 8.57. The van der Waals surface area contributed by atoms with Crippen LogP contribution in [0, 0.1) is 16.0 Å². The number of non-ortho nitro benzene ring substituents is 1. The smallest absolute Gasteiger partial charge is 0.270 e. The molecular weight excluding hydrogens is 418 g/mol. The quantitative estimate of drug-likeness (QED) is 0.524. The molecule has 8 nitrogen and oxygen atoms in total. The predicted molar refractivity (Wildman–Crippen MR) is 109 cm³/mol. The van der Waals surface area contributed by atoms with Gasteiger partial charge >= 0.3 is 0 Å². The van der Waals surface area contributed by atoms with Gasteiger partial charge in [0.2, 0.25) is 15.9 Å². The summed E-state index contributed by atoms with van der Waals surface area (Å²) in [4.78, 5) is 25.1. The zero-order valence-corrected chi connectivity index (χ0v) is 18.2. The number of hydrogen-bond acceptors (Lipinski definition) is 5. The number of hydrogen-bond donors (Lipinski definition) is 0. The molecule has 1 aromatic rings. The molecule has 2 aliphatic heterocycles. The fraction of sp³-hybridized carbons (Fsp3) is 0.632. The summed E-state index contributed by atoms with van der Waals surface area (Å²) >= 11 is 6.03. The van der Waals surface area contributed by atoms with Crippen molar-refractivity contribution in [3.63, 3.8) is 0 Å². The number of benzene rings is 1. The topological polar surface area (TPSA) is 101 Å². The third kappa shape index (κ3) is 4.41. The van der Waals surface area contributed by atoms with Gasteiger partial charge < -0.3 is 4.90 Å². The van der Waals surface area contributed by atoms with Crippen LogP contribution in [0.2, 0.25) is 5.02 Å². The standard InChI is InChI=1S/C19H26ClN3O5S/c1-13-4-3-5-14(2)22(13)19(24)15-8-10-21(11-9-15)29(27,28)18-12-16(23(25)26)6-7-17(18)20/h6-7,12-15H,3-5,8-11H2,1-2H3. The summed E-state index contributed by atoms with van der Waals surface area (Å²) in [5, 5.41) is 10.9. The third-order valence-electron chi connectivity index (χ3n) is 5.99. The first kappa shape index (κ1) is 22.0. The van der Waals surface area contributed by atoms with Gasteiger partial charge in [-0.1, -0.05) is 11.6 Å². The molecule has 0 spiro atoms. The van der Waals surface area contributed by atoms with Crippen molar-refractivity contribution < 1.29 is 18.1 Å². The van der Waals surface area contributed by atoms with Crippen LogP contribution in [0.5, 0.6) is 0 Å². The first-order valence-corrected chi connectivity index (χ1v) is 11.7. The van der Waals surface area contributed by atoms with E-state index in [-0.39, 0.29) is 52.6 Å². The summed E-state index contributed by atoms with van der Waals surface area (Å²) in [6, 6.07) is 3.80. The van der Waals surface area contributed by atoms with E-state index < -0.39 is 14.9 Å². The first-order valence-electron chi connectivity index (χ1n) is 9.89. The lowest BCUT2D eigenvalue weighted by Crippen LogP contribution is -2.52. The van der Waals surface area contributed by atoms with Crippen molar-refractivity contribution >= 4 is 33.2 Å². The Morgan fingerprint density at radius 1 is 1.14 bits per heavy atom. The SMILES string of the molecule is CC1CCCC(C)N1C(=O)C1CCN(S(=O)(=O)c2cc([N+](=O)[O-])ccc2Cl)CC1. The Morgan fingerprint density at radius 2 is 1.72 bits per heavy atom. The minimum atomic E-state index is -3.97. The number of amides is 1. The van der Waals surface area contributed by atoms with Crippen molar-refractivity contribution in [2.75, 3.05) is 13.1 Å². The van der Waals surface area contributed by atoms with E-state index in [0.29, 0.717) is 12.8 Å². The van der Waals surface area contributed by atoms with Gasteiger partial charge in [0.15, 0.2) is 0 Å². The number of rotatable bonds is 4. The van der Waals surface area contributed by atoms with Gasteiger partial charge in [-0.05, 0) is 52.0 Å². The maximum absolute atomic E-state index is 13.0. The lowest BCUT2D eigenvalue weighted by atomic mass is 9.91. The average Bonchev–Trinajstić information content (AvgIpc) is 2.67. The molecule has 1 amide bonds. The number of likely N-dealkylation sites (tertiary alicyclic amines) is 1. The Labute approximate surface area is 176 Å². The monoisotopic (exact) mass is 443 g/mol. The summed E-state index contributed by atoms with van der Waals surface area (Å²) < 4.78 is 27.2. The van der Waals surface area contributed by atoms with Crippen LogP contribution in [-0.2, 0) is 14.8 Å². The van der Waals surface area contributed by atoms with E-state index in [1.54, 1.807) is 0 Å². The minimum Gasteiger partial charge on any atom is -0.337 e. The van der Waals surface area contributed by atoms with E-state index in [1.807, 2.05) is 4.90 Å². The summed E-state index contributed by atoms with van der Waals surface area (Å²) in [7, 11) is -3.97. The molecule has 2 atom stereocenters. The zero-order chi connectivity index (χ0) is 21.3. The van der Waals surface area contributed by atoms with Crippen LogP contribution in [-0.4, -0.2) is 53.6 Å². The Balaban J connectivity index is 1.72. The number of sulfonamides is 1. The molecule has 2 saturated heterocycles. The molecule has 1 aromatic carbocycles. The fourth-order valence-corrected chi connectivity index (χ4v) is 6.32. The maximum atomic E-state index is 13.0. The molecule has 0 aromatic heterocycles. The predicted octanol–water partition coefficient (Wildman–Crippen LogP) is 3.44. The lowest BCUT2D eigenvalue weighted by Gasteiger charge is -2.42. The van der Waals surface area contributed by atoms with E-state index in [9.17, 15) is 23.3 Å².